The van der Waals surface area contributed by atoms with Gasteiger partial charge in [-0.05, 0) is 19.1 Å². The number of para-hydroxylation sites is 1. The molecule has 4 N–H and O–H groups in total. The van der Waals surface area contributed by atoms with Crippen LogP contribution in [0.4, 0.5) is 32.0 Å². The van der Waals surface area contributed by atoms with Gasteiger partial charge >= 0.3 is 17.8 Å². The summed E-state index contributed by atoms with van der Waals surface area (Å²) in [7, 11) is 0. The van der Waals surface area contributed by atoms with Crippen molar-refractivity contribution in [2.24, 2.45) is 0 Å². The third-order valence-corrected chi connectivity index (χ3v) is 4.66. The molecular weight excluding hydrogens is 532 g/mol. The molecule has 204 valence electrons. The normalized spacial score (nSPS) is 12.2. The van der Waals surface area contributed by atoms with Crippen LogP contribution in [-0.4, -0.2) is 53.3 Å². The lowest BCUT2D eigenvalue weighted by Crippen LogP contribution is -2.53. The maximum absolute atomic E-state index is 13.7. The molecule has 0 unspecified atom stereocenters. The van der Waals surface area contributed by atoms with E-state index in [9.17, 15) is 50.3 Å². The summed E-state index contributed by atoms with van der Waals surface area (Å²) in [4.78, 5) is 59.7. The van der Waals surface area contributed by atoms with E-state index in [1.165, 1.54) is 0 Å². The second kappa shape index (κ2) is 12.6. The molecule has 0 bridgehead atoms. The first kappa shape index (κ1) is 29.6. The van der Waals surface area contributed by atoms with Gasteiger partial charge in [-0.2, -0.15) is 8.78 Å². The van der Waals surface area contributed by atoms with E-state index in [0.29, 0.717) is 0 Å². The van der Waals surface area contributed by atoms with Crippen molar-refractivity contribution in [2.45, 2.75) is 25.4 Å². The number of benzene rings is 2. The molecule has 0 aliphatic rings. The van der Waals surface area contributed by atoms with Crippen LogP contribution in [0.2, 0.25) is 0 Å². The van der Waals surface area contributed by atoms with Crippen LogP contribution >= 0.6 is 0 Å². The number of rotatable bonds is 10. The monoisotopic (exact) mass is 549 g/mol. The molecule has 0 fully saturated rings. The van der Waals surface area contributed by atoms with Crippen LogP contribution < -0.4 is 20.7 Å². The number of carboxylic acid groups (broad SMARTS) is 1. The smallest absolute Gasteiger partial charge is 0.313 e. The number of carbonyl (C=O) groups is 5. The Morgan fingerprint density at radius 3 is 1.95 bits per heavy atom. The van der Waals surface area contributed by atoms with Crippen LogP contribution in [0.1, 0.15) is 13.3 Å². The number of anilines is 1. The fourth-order valence-corrected chi connectivity index (χ4v) is 2.75. The van der Waals surface area contributed by atoms with Crippen LogP contribution in [0, 0.1) is 34.9 Å². The van der Waals surface area contributed by atoms with Gasteiger partial charge in [-0.15, -0.1) is 0 Å². The Morgan fingerprint density at radius 2 is 1.42 bits per heavy atom. The lowest BCUT2D eigenvalue weighted by molar-refractivity contribution is -0.141. The summed E-state index contributed by atoms with van der Waals surface area (Å²) in [6.07, 6.45) is -1.09. The van der Waals surface area contributed by atoms with Crippen molar-refractivity contribution in [3.05, 3.63) is 59.2 Å². The van der Waals surface area contributed by atoms with Crippen molar-refractivity contribution in [3.8, 4) is 5.75 Å². The molecule has 0 saturated heterocycles. The van der Waals surface area contributed by atoms with E-state index >= 15 is 0 Å². The lowest BCUT2D eigenvalue weighted by Gasteiger charge is -2.20. The number of ketones is 1. The quantitative estimate of drug-likeness (QED) is 0.200. The average molecular weight is 549 g/mol. The van der Waals surface area contributed by atoms with Gasteiger partial charge in [0.2, 0.25) is 17.5 Å². The minimum absolute atomic E-state index is 0.115. The maximum atomic E-state index is 13.7. The Bertz CT molecular complexity index is 1240. The summed E-state index contributed by atoms with van der Waals surface area (Å²) in [5.41, 5.74) is -0.942. The highest BCUT2D eigenvalue weighted by Crippen LogP contribution is 2.26. The highest BCUT2D eigenvalue weighted by Gasteiger charge is 2.29. The third-order valence-electron chi connectivity index (χ3n) is 4.66. The van der Waals surface area contributed by atoms with Gasteiger partial charge in [-0.3, -0.25) is 24.0 Å². The minimum atomic E-state index is -1.97. The molecule has 3 amide bonds. The molecule has 10 nitrogen and oxygen atoms in total. The molecule has 0 aliphatic carbocycles. The third kappa shape index (κ3) is 7.44. The van der Waals surface area contributed by atoms with Gasteiger partial charge in [0.05, 0.1) is 6.42 Å². The molecular formula is C22H17F6N3O7. The summed E-state index contributed by atoms with van der Waals surface area (Å²) in [6, 6.07) is -1.08. The Balaban J connectivity index is 2.04. The second-order valence-corrected chi connectivity index (χ2v) is 7.46. The Labute approximate surface area is 208 Å². The zero-order valence-corrected chi connectivity index (χ0v) is 19.0. The Hall–Kier alpha value is -4.63. The molecule has 0 aliphatic heterocycles. The number of aliphatic carboxylic acids is 1. The largest absolute Gasteiger partial charge is 0.481 e. The topological polar surface area (TPSA) is 151 Å². The van der Waals surface area contributed by atoms with Gasteiger partial charge in [-0.1, -0.05) is 6.07 Å². The van der Waals surface area contributed by atoms with Gasteiger partial charge < -0.3 is 25.8 Å². The van der Waals surface area contributed by atoms with Crippen LogP contribution in [0.25, 0.3) is 0 Å². The molecule has 2 rings (SSSR count). The summed E-state index contributed by atoms with van der Waals surface area (Å²) >= 11 is 0. The van der Waals surface area contributed by atoms with Crippen LogP contribution in [-0.2, 0) is 24.0 Å². The van der Waals surface area contributed by atoms with Gasteiger partial charge in [0.15, 0.2) is 23.2 Å². The molecule has 2 aromatic carbocycles. The van der Waals surface area contributed by atoms with Crippen LogP contribution in [0.5, 0.6) is 5.75 Å². The predicted molar refractivity (Wildman–Crippen MR) is 114 cm³/mol. The van der Waals surface area contributed by atoms with Crippen LogP contribution in [0.3, 0.4) is 0 Å². The SMILES string of the molecule is C[C@H](NC(=O)C(=O)Nc1c(F)cccc1F)C(=O)N[C@@H](CC(=O)O)C(=O)COc1c(F)c(F)cc(F)c1F. The number of amides is 3. The van der Waals surface area contributed by atoms with E-state index < -0.39 is 101 Å². The van der Waals surface area contributed by atoms with Crippen molar-refractivity contribution >= 4 is 35.2 Å². The van der Waals surface area contributed by atoms with E-state index in [0.717, 1.165) is 25.1 Å². The lowest BCUT2D eigenvalue weighted by atomic mass is 10.1. The van der Waals surface area contributed by atoms with Crippen molar-refractivity contribution < 1.29 is 60.2 Å². The molecule has 0 radical (unpaired) electrons. The zero-order valence-electron chi connectivity index (χ0n) is 19.0. The number of halogens is 6. The molecule has 0 aromatic heterocycles. The Kier molecular flexibility index (Phi) is 9.78. The fourth-order valence-electron chi connectivity index (χ4n) is 2.75. The summed E-state index contributed by atoms with van der Waals surface area (Å²) in [5.74, 6) is -18.9. The molecule has 2 atom stereocenters. The molecule has 0 heterocycles. The first-order valence-electron chi connectivity index (χ1n) is 10.3. The summed E-state index contributed by atoms with van der Waals surface area (Å²) < 4.78 is 85.6. The Morgan fingerprint density at radius 1 is 0.868 bits per heavy atom. The predicted octanol–water partition coefficient (Wildman–Crippen LogP) is 1.57. The van der Waals surface area contributed by atoms with E-state index in [4.69, 9.17) is 5.11 Å². The first-order valence-corrected chi connectivity index (χ1v) is 10.3. The number of carbonyl (C=O) groups excluding carboxylic acids is 4. The number of carboxylic acids is 1. The van der Waals surface area contributed by atoms with E-state index in [1.54, 1.807) is 5.32 Å². The maximum Gasteiger partial charge on any atom is 0.313 e. The highest BCUT2D eigenvalue weighted by molar-refractivity contribution is 6.40. The average Bonchev–Trinajstić information content (AvgIpc) is 2.83. The number of hydrogen-bond acceptors (Lipinski definition) is 6. The van der Waals surface area contributed by atoms with Crippen LogP contribution in [0.15, 0.2) is 24.3 Å². The second-order valence-electron chi connectivity index (χ2n) is 7.46. The van der Waals surface area contributed by atoms with Crippen molar-refractivity contribution in [1.29, 1.82) is 0 Å². The van der Waals surface area contributed by atoms with Gasteiger partial charge in [-0.25, -0.2) is 17.6 Å². The molecule has 2 aromatic rings. The van der Waals surface area contributed by atoms with Gasteiger partial charge in [0, 0.05) is 6.07 Å². The first-order chi connectivity index (χ1) is 17.7. The molecule has 16 heteroatoms. The standard InChI is InChI=1S/C22H17F6N3O7/c1-8(29-21(36)22(37)31-18-9(23)3-2-4-10(18)24)20(35)30-13(6-15(33)34)14(32)7-38-19-16(27)11(25)5-12(26)17(19)28/h2-5,8,13H,6-7H2,1H3,(H,29,36)(H,30,35)(H,31,37)(H,33,34)/t8-,13-/m0/s1. The molecule has 38 heavy (non-hydrogen) atoms. The molecule has 0 spiro atoms. The number of ether oxygens (including phenoxy) is 1. The zero-order chi connectivity index (χ0) is 28.7. The van der Waals surface area contributed by atoms with Crippen molar-refractivity contribution in [1.82, 2.24) is 10.6 Å². The number of Topliss-reactive ketones (excluding diaryl/α,β-unsaturated/α-hetero) is 1. The number of hydrogen-bond donors (Lipinski definition) is 4. The molecule has 0 saturated carbocycles. The van der Waals surface area contributed by atoms with E-state index in [-0.39, 0.29) is 6.07 Å². The fraction of sp³-hybridized carbons (Fsp3) is 0.227. The number of nitrogens with one attached hydrogen (secondary N) is 3. The van der Waals surface area contributed by atoms with Crippen molar-refractivity contribution in [3.63, 3.8) is 0 Å². The minimum Gasteiger partial charge on any atom is -0.481 e. The van der Waals surface area contributed by atoms with Gasteiger partial charge in [0.1, 0.15) is 36.0 Å². The summed E-state index contributed by atoms with van der Waals surface area (Å²) in [5, 5.41) is 14.4. The highest BCUT2D eigenvalue weighted by atomic mass is 19.2. The van der Waals surface area contributed by atoms with Gasteiger partial charge in [0.25, 0.3) is 0 Å². The van der Waals surface area contributed by atoms with Crippen molar-refractivity contribution in [2.75, 3.05) is 11.9 Å². The van der Waals surface area contributed by atoms with E-state index in [2.05, 4.69) is 4.74 Å². The summed E-state index contributed by atoms with van der Waals surface area (Å²) in [6.45, 7) is -0.352. The van der Waals surface area contributed by atoms with E-state index in [1.807, 2.05) is 10.6 Å².